The molecule has 1 saturated carbocycles. The van der Waals surface area contributed by atoms with Gasteiger partial charge in [-0.05, 0) is 37.4 Å². The van der Waals surface area contributed by atoms with Gasteiger partial charge in [0, 0.05) is 19.3 Å². The van der Waals surface area contributed by atoms with E-state index in [4.69, 9.17) is 5.73 Å². The van der Waals surface area contributed by atoms with E-state index in [0.29, 0.717) is 6.54 Å². The van der Waals surface area contributed by atoms with Gasteiger partial charge >= 0.3 is 0 Å². The highest BCUT2D eigenvalue weighted by atomic mass is 15.2. The van der Waals surface area contributed by atoms with Gasteiger partial charge < -0.3 is 10.6 Å². The summed E-state index contributed by atoms with van der Waals surface area (Å²) in [5.74, 6) is 1.08. The summed E-state index contributed by atoms with van der Waals surface area (Å²) < 4.78 is 0. The summed E-state index contributed by atoms with van der Waals surface area (Å²) in [5, 5.41) is 0. The SMILES string of the molecule is CN(c1ccc(CCN)cn1)C1CC1. The van der Waals surface area contributed by atoms with Crippen molar-refractivity contribution in [2.45, 2.75) is 25.3 Å². The third kappa shape index (κ3) is 2.04. The molecule has 3 nitrogen and oxygen atoms in total. The Hall–Kier alpha value is -1.09. The Morgan fingerprint density at radius 1 is 1.50 bits per heavy atom. The topological polar surface area (TPSA) is 42.1 Å². The van der Waals surface area contributed by atoms with Crippen LogP contribution in [0.15, 0.2) is 18.3 Å². The molecule has 0 unspecified atom stereocenters. The van der Waals surface area contributed by atoms with Gasteiger partial charge in [-0.25, -0.2) is 4.98 Å². The molecular formula is C11H17N3. The number of hydrogen-bond donors (Lipinski definition) is 1. The van der Waals surface area contributed by atoms with Crippen molar-refractivity contribution in [3.8, 4) is 0 Å². The number of nitrogens with two attached hydrogens (primary N) is 1. The van der Waals surface area contributed by atoms with Crippen molar-refractivity contribution in [1.82, 2.24) is 4.98 Å². The summed E-state index contributed by atoms with van der Waals surface area (Å²) in [4.78, 5) is 6.69. The molecule has 0 spiro atoms. The highest BCUT2D eigenvalue weighted by Crippen LogP contribution is 2.28. The Labute approximate surface area is 84.9 Å². The standard InChI is InChI=1S/C11H17N3/c1-14(10-3-4-10)11-5-2-9(6-7-12)8-13-11/h2,5,8,10H,3-4,6-7,12H2,1H3. The highest BCUT2D eigenvalue weighted by Gasteiger charge is 2.26. The summed E-state index contributed by atoms with van der Waals surface area (Å²) in [6.07, 6.45) is 5.47. The van der Waals surface area contributed by atoms with Crippen LogP contribution < -0.4 is 10.6 Å². The Morgan fingerprint density at radius 2 is 2.29 bits per heavy atom. The van der Waals surface area contributed by atoms with E-state index in [-0.39, 0.29) is 0 Å². The van der Waals surface area contributed by atoms with Gasteiger partial charge in [0.25, 0.3) is 0 Å². The van der Waals surface area contributed by atoms with Gasteiger partial charge in [-0.2, -0.15) is 0 Å². The quantitative estimate of drug-likeness (QED) is 0.777. The lowest BCUT2D eigenvalue weighted by Crippen LogP contribution is -2.20. The van der Waals surface area contributed by atoms with E-state index in [0.717, 1.165) is 18.3 Å². The van der Waals surface area contributed by atoms with E-state index in [1.54, 1.807) is 0 Å². The van der Waals surface area contributed by atoms with E-state index < -0.39 is 0 Å². The van der Waals surface area contributed by atoms with Crippen molar-refractivity contribution < 1.29 is 0 Å². The summed E-state index contributed by atoms with van der Waals surface area (Å²) in [7, 11) is 2.11. The first kappa shape index (κ1) is 9.46. The molecule has 0 amide bonds. The zero-order valence-electron chi connectivity index (χ0n) is 8.61. The predicted octanol–water partition coefficient (Wildman–Crippen LogP) is 1.18. The van der Waals surface area contributed by atoms with Crippen LogP contribution in [0.5, 0.6) is 0 Å². The zero-order valence-corrected chi connectivity index (χ0v) is 8.61. The molecule has 0 bridgehead atoms. The van der Waals surface area contributed by atoms with Gasteiger partial charge in [0.1, 0.15) is 5.82 Å². The van der Waals surface area contributed by atoms with Crippen molar-refractivity contribution in [1.29, 1.82) is 0 Å². The van der Waals surface area contributed by atoms with Gasteiger partial charge in [0.2, 0.25) is 0 Å². The van der Waals surface area contributed by atoms with E-state index >= 15 is 0 Å². The first-order valence-corrected chi connectivity index (χ1v) is 5.19. The van der Waals surface area contributed by atoms with Crippen LogP contribution in [-0.2, 0) is 6.42 Å². The molecule has 2 N–H and O–H groups in total. The molecule has 14 heavy (non-hydrogen) atoms. The summed E-state index contributed by atoms with van der Waals surface area (Å²) in [6, 6.07) is 4.93. The van der Waals surface area contributed by atoms with Crippen LogP contribution in [0, 0.1) is 0 Å². The maximum absolute atomic E-state index is 5.48. The second-order valence-electron chi connectivity index (χ2n) is 3.91. The van der Waals surface area contributed by atoms with Crippen LogP contribution in [0.2, 0.25) is 0 Å². The second-order valence-corrected chi connectivity index (χ2v) is 3.91. The first-order valence-electron chi connectivity index (χ1n) is 5.19. The zero-order chi connectivity index (χ0) is 9.97. The smallest absolute Gasteiger partial charge is 0.128 e. The van der Waals surface area contributed by atoms with E-state index in [1.165, 1.54) is 18.4 Å². The van der Waals surface area contributed by atoms with Gasteiger partial charge in [-0.15, -0.1) is 0 Å². The molecule has 1 aliphatic rings. The fourth-order valence-corrected chi connectivity index (χ4v) is 1.59. The van der Waals surface area contributed by atoms with Gasteiger partial charge in [0.05, 0.1) is 0 Å². The van der Waals surface area contributed by atoms with Crippen molar-refractivity contribution >= 4 is 5.82 Å². The number of anilines is 1. The van der Waals surface area contributed by atoms with Crippen LogP contribution in [0.4, 0.5) is 5.82 Å². The molecule has 1 aliphatic carbocycles. The van der Waals surface area contributed by atoms with Crippen molar-refractivity contribution in [3.63, 3.8) is 0 Å². The number of hydrogen-bond acceptors (Lipinski definition) is 3. The highest BCUT2D eigenvalue weighted by molar-refractivity contribution is 5.41. The molecule has 1 fully saturated rings. The third-order valence-corrected chi connectivity index (χ3v) is 2.70. The van der Waals surface area contributed by atoms with E-state index in [9.17, 15) is 0 Å². The average Bonchev–Trinajstić information content (AvgIpc) is 3.02. The average molecular weight is 191 g/mol. The molecule has 76 valence electrons. The minimum absolute atomic E-state index is 0.694. The normalized spacial score (nSPS) is 15.6. The fourth-order valence-electron chi connectivity index (χ4n) is 1.59. The lowest BCUT2D eigenvalue weighted by molar-refractivity contribution is 0.884. The van der Waals surface area contributed by atoms with E-state index in [2.05, 4.69) is 29.1 Å². The summed E-state index contributed by atoms with van der Waals surface area (Å²) in [6.45, 7) is 0.694. The lowest BCUT2D eigenvalue weighted by Gasteiger charge is -2.17. The van der Waals surface area contributed by atoms with Gasteiger partial charge in [0.15, 0.2) is 0 Å². The summed E-state index contributed by atoms with van der Waals surface area (Å²) >= 11 is 0. The predicted molar refractivity (Wildman–Crippen MR) is 58.4 cm³/mol. The van der Waals surface area contributed by atoms with Crippen molar-refractivity contribution in [2.75, 3.05) is 18.5 Å². The maximum Gasteiger partial charge on any atom is 0.128 e. The summed E-state index contributed by atoms with van der Waals surface area (Å²) in [5.41, 5.74) is 6.70. The van der Waals surface area contributed by atoms with Gasteiger partial charge in [-0.1, -0.05) is 6.07 Å². The Kier molecular flexibility index (Phi) is 2.68. The van der Waals surface area contributed by atoms with Crippen LogP contribution in [-0.4, -0.2) is 24.6 Å². The van der Waals surface area contributed by atoms with Crippen LogP contribution >= 0.6 is 0 Å². The lowest BCUT2D eigenvalue weighted by atomic mass is 10.2. The maximum atomic E-state index is 5.48. The molecule has 1 aromatic heterocycles. The van der Waals surface area contributed by atoms with Crippen LogP contribution in [0.25, 0.3) is 0 Å². The molecule has 2 rings (SSSR count). The Bertz CT molecular complexity index is 290. The molecule has 0 aromatic carbocycles. The molecule has 1 aromatic rings. The molecule has 0 radical (unpaired) electrons. The Morgan fingerprint density at radius 3 is 2.79 bits per heavy atom. The third-order valence-electron chi connectivity index (χ3n) is 2.70. The van der Waals surface area contributed by atoms with E-state index in [1.807, 2.05) is 6.20 Å². The first-order chi connectivity index (χ1) is 6.81. The van der Waals surface area contributed by atoms with Gasteiger partial charge in [-0.3, -0.25) is 0 Å². The molecular weight excluding hydrogens is 174 g/mol. The Balaban J connectivity index is 2.04. The van der Waals surface area contributed by atoms with Crippen molar-refractivity contribution in [2.24, 2.45) is 5.73 Å². The van der Waals surface area contributed by atoms with Crippen molar-refractivity contribution in [3.05, 3.63) is 23.9 Å². The second kappa shape index (κ2) is 3.96. The van der Waals surface area contributed by atoms with Crippen LogP contribution in [0.1, 0.15) is 18.4 Å². The monoisotopic (exact) mass is 191 g/mol. The van der Waals surface area contributed by atoms with Crippen LogP contribution in [0.3, 0.4) is 0 Å². The molecule has 0 aliphatic heterocycles. The number of aromatic nitrogens is 1. The molecule has 3 heteroatoms. The number of nitrogens with zero attached hydrogens (tertiary/aromatic N) is 2. The minimum Gasteiger partial charge on any atom is -0.357 e. The number of pyridine rings is 1. The molecule has 1 heterocycles. The largest absolute Gasteiger partial charge is 0.357 e. The molecule has 0 saturated heterocycles. The minimum atomic E-state index is 0.694. The number of rotatable bonds is 4. The molecule has 0 atom stereocenters. The fraction of sp³-hybridized carbons (Fsp3) is 0.545.